The fraction of sp³-hybridized carbons (Fsp3) is 0.350. The Morgan fingerprint density at radius 3 is 2.69 bits per heavy atom. The van der Waals surface area contributed by atoms with E-state index in [9.17, 15) is 0 Å². The number of rotatable bonds is 5. The van der Waals surface area contributed by atoms with E-state index in [1.165, 1.54) is 16.9 Å². The summed E-state index contributed by atoms with van der Waals surface area (Å²) in [6.45, 7) is 3.53. The molecule has 1 aliphatic rings. The number of halogens is 1. The predicted molar refractivity (Wildman–Crippen MR) is 113 cm³/mol. The maximum absolute atomic E-state index is 4.43. The first kappa shape index (κ1) is 18.6. The van der Waals surface area contributed by atoms with Crippen LogP contribution >= 0.6 is 15.9 Å². The molecular weight excluding hydrogens is 390 g/mol. The molecule has 26 heavy (non-hydrogen) atoms. The third kappa shape index (κ3) is 4.49. The van der Waals surface area contributed by atoms with Crippen LogP contribution in [0.5, 0.6) is 0 Å². The van der Waals surface area contributed by atoms with Crippen LogP contribution in [-0.2, 0) is 20.1 Å². The van der Waals surface area contributed by atoms with Crippen molar-refractivity contribution in [2.75, 3.05) is 32.1 Å². The first-order chi connectivity index (χ1) is 12.6. The van der Waals surface area contributed by atoms with E-state index in [1.807, 2.05) is 7.05 Å². The van der Waals surface area contributed by atoms with Crippen LogP contribution < -0.4 is 10.2 Å². The quantitative estimate of drug-likeness (QED) is 0.461. The summed E-state index contributed by atoms with van der Waals surface area (Å²) in [5.41, 5.74) is 3.75. The van der Waals surface area contributed by atoms with Crippen LogP contribution in [-0.4, -0.2) is 42.6 Å². The van der Waals surface area contributed by atoms with Gasteiger partial charge in [0, 0.05) is 62.8 Å². The van der Waals surface area contributed by atoms with Crippen molar-refractivity contribution in [1.82, 2.24) is 14.8 Å². The highest BCUT2D eigenvalue weighted by molar-refractivity contribution is 9.10. The number of guanidine groups is 1. The third-order valence-corrected chi connectivity index (χ3v) is 5.03. The third-order valence-electron chi connectivity index (χ3n) is 4.59. The highest BCUT2D eigenvalue weighted by Gasteiger charge is 2.11. The molecule has 0 aliphatic carbocycles. The number of anilines is 1. The SMILES string of the molecule is CN=C(NCc1cccc(N2CC=CC2)c1)N(C)Cc1cc(Br)cn1C. The zero-order valence-corrected chi connectivity index (χ0v) is 17.2. The number of aromatic nitrogens is 1. The second kappa shape index (κ2) is 8.45. The molecule has 0 saturated heterocycles. The van der Waals surface area contributed by atoms with E-state index in [-0.39, 0.29) is 0 Å². The van der Waals surface area contributed by atoms with Crippen molar-refractivity contribution in [3.8, 4) is 0 Å². The summed E-state index contributed by atoms with van der Waals surface area (Å²) >= 11 is 3.53. The predicted octanol–water partition coefficient (Wildman–Crippen LogP) is 3.37. The van der Waals surface area contributed by atoms with E-state index in [0.29, 0.717) is 0 Å². The maximum Gasteiger partial charge on any atom is 0.194 e. The molecule has 1 aliphatic heterocycles. The van der Waals surface area contributed by atoms with Gasteiger partial charge in [-0.05, 0) is 39.7 Å². The highest BCUT2D eigenvalue weighted by atomic mass is 79.9. The molecule has 0 radical (unpaired) electrons. The molecule has 0 amide bonds. The Hall–Kier alpha value is -2.21. The molecule has 0 spiro atoms. The van der Waals surface area contributed by atoms with Crippen LogP contribution in [0.3, 0.4) is 0 Å². The number of aryl methyl sites for hydroxylation is 1. The number of hydrogen-bond acceptors (Lipinski definition) is 2. The van der Waals surface area contributed by atoms with Crippen molar-refractivity contribution in [3.05, 3.63) is 64.4 Å². The minimum absolute atomic E-state index is 0.753. The van der Waals surface area contributed by atoms with Crippen LogP contribution in [0.1, 0.15) is 11.3 Å². The van der Waals surface area contributed by atoms with Gasteiger partial charge in [0.15, 0.2) is 5.96 Å². The van der Waals surface area contributed by atoms with Gasteiger partial charge < -0.3 is 19.7 Å². The minimum atomic E-state index is 0.753. The molecule has 1 aromatic carbocycles. The zero-order valence-electron chi connectivity index (χ0n) is 15.6. The van der Waals surface area contributed by atoms with Gasteiger partial charge in [0.2, 0.25) is 0 Å². The van der Waals surface area contributed by atoms with Crippen molar-refractivity contribution in [2.45, 2.75) is 13.1 Å². The standard InChI is InChI=1S/C20H26BrN5/c1-22-20(25(3)15-19-12-17(21)14-24(19)2)23-13-16-7-6-8-18(11-16)26-9-4-5-10-26/h4-8,11-12,14H,9-10,13,15H2,1-3H3,(H,22,23). The van der Waals surface area contributed by atoms with Gasteiger partial charge in [-0.1, -0.05) is 24.3 Å². The fourth-order valence-corrected chi connectivity index (χ4v) is 3.73. The van der Waals surface area contributed by atoms with Crippen molar-refractivity contribution < 1.29 is 0 Å². The van der Waals surface area contributed by atoms with Crippen molar-refractivity contribution >= 4 is 27.6 Å². The van der Waals surface area contributed by atoms with E-state index < -0.39 is 0 Å². The van der Waals surface area contributed by atoms with E-state index in [1.54, 1.807) is 0 Å². The van der Waals surface area contributed by atoms with Crippen LogP contribution in [0.4, 0.5) is 5.69 Å². The molecule has 2 aromatic rings. The van der Waals surface area contributed by atoms with Crippen LogP contribution in [0, 0.1) is 0 Å². The average Bonchev–Trinajstić information content (AvgIpc) is 3.26. The van der Waals surface area contributed by atoms with Crippen LogP contribution in [0.25, 0.3) is 0 Å². The lowest BCUT2D eigenvalue weighted by Gasteiger charge is -2.23. The molecule has 2 heterocycles. The Morgan fingerprint density at radius 2 is 2.04 bits per heavy atom. The molecule has 1 aromatic heterocycles. The lowest BCUT2D eigenvalue weighted by Crippen LogP contribution is -2.38. The minimum Gasteiger partial charge on any atom is -0.364 e. The van der Waals surface area contributed by atoms with Gasteiger partial charge in [-0.3, -0.25) is 4.99 Å². The summed E-state index contributed by atoms with van der Waals surface area (Å²) in [4.78, 5) is 8.92. The molecule has 0 unspecified atom stereocenters. The van der Waals surface area contributed by atoms with Gasteiger partial charge in [-0.15, -0.1) is 0 Å². The van der Waals surface area contributed by atoms with Gasteiger partial charge >= 0.3 is 0 Å². The Balaban J connectivity index is 1.60. The van der Waals surface area contributed by atoms with Gasteiger partial charge in [0.05, 0.1) is 6.54 Å². The van der Waals surface area contributed by atoms with Gasteiger partial charge in [0.1, 0.15) is 0 Å². The number of benzene rings is 1. The molecule has 5 nitrogen and oxygen atoms in total. The summed E-state index contributed by atoms with van der Waals surface area (Å²) < 4.78 is 3.22. The van der Waals surface area contributed by atoms with Gasteiger partial charge in [-0.2, -0.15) is 0 Å². The highest BCUT2D eigenvalue weighted by Crippen LogP contribution is 2.18. The van der Waals surface area contributed by atoms with E-state index in [4.69, 9.17) is 0 Å². The molecular formula is C20H26BrN5. The van der Waals surface area contributed by atoms with E-state index in [2.05, 4.69) is 103 Å². The van der Waals surface area contributed by atoms with E-state index >= 15 is 0 Å². The Morgan fingerprint density at radius 1 is 1.27 bits per heavy atom. The summed E-state index contributed by atoms with van der Waals surface area (Å²) in [7, 11) is 5.94. The zero-order chi connectivity index (χ0) is 18.5. The topological polar surface area (TPSA) is 35.8 Å². The molecule has 0 bridgehead atoms. The monoisotopic (exact) mass is 415 g/mol. The van der Waals surface area contributed by atoms with Crippen LogP contribution in [0.2, 0.25) is 0 Å². The number of nitrogens with zero attached hydrogens (tertiary/aromatic N) is 4. The second-order valence-electron chi connectivity index (χ2n) is 6.56. The normalized spacial score (nSPS) is 14.2. The fourth-order valence-electron chi connectivity index (χ4n) is 3.16. The number of nitrogens with one attached hydrogen (secondary N) is 1. The summed E-state index contributed by atoms with van der Waals surface area (Å²) in [6.07, 6.45) is 6.49. The number of hydrogen-bond donors (Lipinski definition) is 1. The summed E-state index contributed by atoms with van der Waals surface area (Å²) in [5, 5.41) is 3.47. The summed E-state index contributed by atoms with van der Waals surface area (Å²) in [5.74, 6) is 0.885. The average molecular weight is 416 g/mol. The van der Waals surface area contributed by atoms with Crippen LogP contribution in [0.15, 0.2) is 58.1 Å². The number of aliphatic imine (C=N–C) groups is 1. The molecule has 0 saturated carbocycles. The molecule has 0 fully saturated rings. The Labute approximate surface area is 164 Å². The molecule has 138 valence electrons. The lowest BCUT2D eigenvalue weighted by molar-refractivity contribution is 0.461. The first-order valence-electron chi connectivity index (χ1n) is 8.78. The van der Waals surface area contributed by atoms with Crippen molar-refractivity contribution in [2.24, 2.45) is 12.0 Å². The lowest BCUT2D eigenvalue weighted by atomic mass is 10.2. The largest absolute Gasteiger partial charge is 0.364 e. The van der Waals surface area contributed by atoms with E-state index in [0.717, 1.165) is 36.6 Å². The molecule has 6 heteroatoms. The second-order valence-corrected chi connectivity index (χ2v) is 7.48. The summed E-state index contributed by atoms with van der Waals surface area (Å²) in [6, 6.07) is 10.8. The molecule has 0 atom stereocenters. The molecule has 3 rings (SSSR count). The maximum atomic E-state index is 4.43. The van der Waals surface area contributed by atoms with Crippen molar-refractivity contribution in [1.29, 1.82) is 0 Å². The first-order valence-corrected chi connectivity index (χ1v) is 9.57. The Kier molecular flexibility index (Phi) is 6.04. The Bertz CT molecular complexity index is 800. The van der Waals surface area contributed by atoms with Crippen molar-refractivity contribution in [3.63, 3.8) is 0 Å². The molecule has 1 N–H and O–H groups in total. The van der Waals surface area contributed by atoms with Gasteiger partial charge in [0.25, 0.3) is 0 Å². The van der Waals surface area contributed by atoms with Gasteiger partial charge in [-0.25, -0.2) is 0 Å². The smallest absolute Gasteiger partial charge is 0.194 e.